The number of benzene rings is 2. The van der Waals surface area contributed by atoms with E-state index in [1.807, 2.05) is 49.4 Å². The van der Waals surface area contributed by atoms with Gasteiger partial charge in [0.15, 0.2) is 5.78 Å². The maximum Gasteiger partial charge on any atom is 0.357 e. The van der Waals surface area contributed by atoms with Crippen molar-refractivity contribution in [3.8, 4) is 0 Å². The Bertz CT molecular complexity index is 2170. The maximum atomic E-state index is 15.7. The number of rotatable bonds is 12. The van der Waals surface area contributed by atoms with Crippen LogP contribution in [0.3, 0.4) is 0 Å². The summed E-state index contributed by atoms with van der Waals surface area (Å²) in [5.41, 5.74) is -0.394. The molecule has 0 saturated heterocycles. The third-order valence-electron chi connectivity index (χ3n) is 17.6. The summed E-state index contributed by atoms with van der Waals surface area (Å²) in [6.45, 7) is 22.0. The first-order valence-corrected chi connectivity index (χ1v) is 25.1. The van der Waals surface area contributed by atoms with Crippen LogP contribution in [0.1, 0.15) is 139 Å². The van der Waals surface area contributed by atoms with E-state index in [-0.39, 0.29) is 60.2 Å². The summed E-state index contributed by atoms with van der Waals surface area (Å²) >= 11 is 0. The summed E-state index contributed by atoms with van der Waals surface area (Å²) in [5.74, 6) is -1.80. The molecule has 0 heterocycles. The van der Waals surface area contributed by atoms with Gasteiger partial charge in [-0.3, -0.25) is 23.7 Å². The van der Waals surface area contributed by atoms with E-state index in [4.69, 9.17) is 23.3 Å². The molecule has 13 atom stereocenters. The fourth-order valence-electron chi connectivity index (χ4n) is 14.6. The van der Waals surface area contributed by atoms with Gasteiger partial charge >= 0.3 is 25.5 Å². The Morgan fingerprint density at radius 1 is 0.810 bits per heavy atom. The van der Waals surface area contributed by atoms with Crippen molar-refractivity contribution in [3.05, 3.63) is 59.7 Å². The number of nitrogens with one attached hydrogen (secondary N) is 1. The Morgan fingerprint density at radius 2 is 1.48 bits per heavy atom. The standard InChI is InChI=1S/C51H72NO10P/c1-12-59-63(57,60-13-2)45(38-20-16-18-36-17-14-15-19-37(36)38)52-46(56)51-26-23-31(3)32(4)43(51)39-21-22-42-47(8)29-40(61-34(6)54)44(62-35(7)55)48(9,30-58-33(5)53)41(47)24-25-50(42,11)49(39,10)27-28-51/h14-21,31-32,40-45H,12-13,22-30H2,1-11H3,(H,52,56)/t31-,32+,40-,41-,42-,43+,44+,45?,47+,48+,49-,50-,51+/m1/s1. The summed E-state index contributed by atoms with van der Waals surface area (Å²) in [4.78, 5) is 53.5. The second kappa shape index (κ2) is 17.4. The van der Waals surface area contributed by atoms with Gasteiger partial charge in [0.25, 0.3) is 0 Å². The molecule has 1 amide bonds. The predicted octanol–water partition coefficient (Wildman–Crippen LogP) is 10.9. The minimum atomic E-state index is -3.91. The van der Waals surface area contributed by atoms with Crippen molar-refractivity contribution in [2.75, 3.05) is 19.8 Å². The number of hydrogen-bond donors (Lipinski definition) is 1. The van der Waals surface area contributed by atoms with Crippen molar-refractivity contribution in [1.29, 1.82) is 0 Å². The maximum absolute atomic E-state index is 15.7. The van der Waals surface area contributed by atoms with E-state index < -0.39 is 59.7 Å². The van der Waals surface area contributed by atoms with Crippen LogP contribution < -0.4 is 5.32 Å². The Labute approximate surface area is 375 Å². The molecule has 2 aromatic rings. The normalized spacial score (nSPS) is 37.8. The highest BCUT2D eigenvalue weighted by atomic mass is 31.2. The van der Waals surface area contributed by atoms with Crippen molar-refractivity contribution in [2.24, 2.45) is 56.7 Å². The molecule has 2 aromatic carbocycles. The summed E-state index contributed by atoms with van der Waals surface area (Å²) in [5, 5.41) is 5.29. The Balaban J connectivity index is 1.32. The Hall–Kier alpha value is -3.53. The lowest BCUT2D eigenvalue weighted by atomic mass is 9.33. The van der Waals surface area contributed by atoms with E-state index in [0.717, 1.165) is 42.9 Å². The van der Waals surface area contributed by atoms with Gasteiger partial charge in [0.2, 0.25) is 5.91 Å². The van der Waals surface area contributed by atoms with E-state index >= 15 is 9.36 Å². The number of amides is 1. The van der Waals surface area contributed by atoms with Crippen molar-refractivity contribution >= 4 is 42.2 Å². The predicted molar refractivity (Wildman–Crippen MR) is 242 cm³/mol. The molecule has 0 aliphatic heterocycles. The molecule has 0 aromatic heterocycles. The molecule has 1 N–H and O–H groups in total. The third kappa shape index (κ3) is 7.71. The van der Waals surface area contributed by atoms with Gasteiger partial charge in [-0.25, -0.2) is 0 Å². The first-order valence-electron chi connectivity index (χ1n) is 23.5. The lowest BCUT2D eigenvalue weighted by Gasteiger charge is -2.72. The fraction of sp³-hybridized carbons (Fsp3) is 0.686. The SMILES string of the molecule is CCOP(=O)(OCC)C(NC(=O)[C@]12CC[C@@H](C)[C@H](C)[C@H]1C1=CC[C@@H]3[C@@]4(C)C[C@@H](OC(C)=O)[C@H](OC(C)=O)[C@@](C)(COC(C)=O)[C@@H]4CC[C@@]3(C)[C@]1(C)CC2)c1cccc2ccccc12. The average molecular weight is 890 g/mol. The smallest absolute Gasteiger partial charge is 0.357 e. The lowest BCUT2D eigenvalue weighted by Crippen LogP contribution is -2.69. The average Bonchev–Trinajstić information content (AvgIpc) is 3.21. The first kappa shape index (κ1) is 47.4. The van der Waals surface area contributed by atoms with Crippen molar-refractivity contribution < 1.29 is 47.0 Å². The summed E-state index contributed by atoms with van der Waals surface area (Å²) in [6.07, 6.45) is 6.99. The van der Waals surface area contributed by atoms with Gasteiger partial charge in [-0.2, -0.15) is 0 Å². The number of fused-ring (bicyclic) bond motifs is 8. The highest BCUT2D eigenvalue weighted by Crippen LogP contribution is 2.76. The molecule has 7 rings (SSSR count). The van der Waals surface area contributed by atoms with Crippen LogP contribution in [-0.2, 0) is 47.0 Å². The molecule has 1 unspecified atom stereocenters. The zero-order valence-electron chi connectivity index (χ0n) is 39.5. The molecule has 0 radical (unpaired) electrons. The number of allylic oxidation sites excluding steroid dienone is 2. The first-order chi connectivity index (χ1) is 29.7. The van der Waals surface area contributed by atoms with Gasteiger partial charge in [-0.1, -0.05) is 95.7 Å². The number of carbonyl (C=O) groups excluding carboxylic acids is 4. The molecule has 63 heavy (non-hydrogen) atoms. The van der Waals surface area contributed by atoms with Crippen LogP contribution >= 0.6 is 7.60 Å². The van der Waals surface area contributed by atoms with Gasteiger partial charge in [-0.05, 0) is 127 Å². The molecule has 11 nitrogen and oxygen atoms in total. The zero-order valence-corrected chi connectivity index (χ0v) is 40.4. The van der Waals surface area contributed by atoms with Crippen molar-refractivity contribution in [3.63, 3.8) is 0 Å². The van der Waals surface area contributed by atoms with Gasteiger partial charge in [-0.15, -0.1) is 0 Å². The van der Waals surface area contributed by atoms with Crippen LogP contribution in [0.4, 0.5) is 0 Å². The van der Waals surface area contributed by atoms with E-state index in [2.05, 4.69) is 46.0 Å². The van der Waals surface area contributed by atoms with Crippen LogP contribution in [0.25, 0.3) is 10.8 Å². The van der Waals surface area contributed by atoms with E-state index in [1.54, 1.807) is 13.8 Å². The molecule has 346 valence electrons. The largest absolute Gasteiger partial charge is 0.465 e. The summed E-state index contributed by atoms with van der Waals surface area (Å²) < 4.78 is 45.0. The van der Waals surface area contributed by atoms with Crippen LogP contribution in [0.2, 0.25) is 0 Å². The minimum absolute atomic E-state index is 0.0170. The van der Waals surface area contributed by atoms with E-state index in [1.165, 1.54) is 26.3 Å². The Morgan fingerprint density at radius 3 is 2.13 bits per heavy atom. The molecule has 5 aliphatic rings. The second-order valence-electron chi connectivity index (χ2n) is 20.8. The van der Waals surface area contributed by atoms with Crippen LogP contribution in [0.15, 0.2) is 54.1 Å². The molecular formula is C51H72NO10P. The summed E-state index contributed by atoms with van der Waals surface area (Å²) in [7, 11) is -3.91. The number of hydrogen-bond acceptors (Lipinski definition) is 10. The van der Waals surface area contributed by atoms with Gasteiger partial charge in [0.1, 0.15) is 18.8 Å². The van der Waals surface area contributed by atoms with E-state index in [9.17, 15) is 14.4 Å². The highest BCUT2D eigenvalue weighted by Gasteiger charge is 2.72. The fourth-order valence-corrected chi connectivity index (χ4v) is 16.5. The van der Waals surface area contributed by atoms with Crippen LogP contribution in [0, 0.1) is 56.7 Å². The van der Waals surface area contributed by atoms with E-state index in [0.29, 0.717) is 30.7 Å². The molecule has 5 aliphatic carbocycles. The molecule has 4 saturated carbocycles. The Kier molecular flexibility index (Phi) is 13.1. The topological polar surface area (TPSA) is 144 Å². The second-order valence-corrected chi connectivity index (χ2v) is 22.9. The van der Waals surface area contributed by atoms with Crippen LogP contribution in [-0.4, -0.2) is 55.8 Å². The third-order valence-corrected chi connectivity index (χ3v) is 19.9. The van der Waals surface area contributed by atoms with Crippen molar-refractivity contribution in [2.45, 2.75) is 146 Å². The lowest BCUT2D eigenvalue weighted by molar-refractivity contribution is -0.255. The van der Waals surface area contributed by atoms with Gasteiger partial charge in [0, 0.05) is 26.2 Å². The number of ether oxygens (including phenoxy) is 3. The van der Waals surface area contributed by atoms with Crippen molar-refractivity contribution in [1.82, 2.24) is 5.32 Å². The molecule has 0 bridgehead atoms. The number of carbonyl (C=O) groups is 4. The molecule has 4 fully saturated rings. The monoisotopic (exact) mass is 889 g/mol. The quantitative estimate of drug-likeness (QED) is 0.0946. The molecule has 0 spiro atoms. The van der Waals surface area contributed by atoms with Crippen LogP contribution in [0.5, 0.6) is 0 Å². The zero-order chi connectivity index (χ0) is 45.9. The molecule has 12 heteroatoms. The summed E-state index contributed by atoms with van der Waals surface area (Å²) in [6, 6.07) is 13.8. The minimum Gasteiger partial charge on any atom is -0.465 e. The number of esters is 3. The van der Waals surface area contributed by atoms with Gasteiger partial charge < -0.3 is 28.6 Å². The highest BCUT2D eigenvalue weighted by molar-refractivity contribution is 7.54. The molecular weight excluding hydrogens is 818 g/mol. The van der Waals surface area contributed by atoms with Gasteiger partial charge in [0.05, 0.1) is 18.6 Å².